The molecule has 4 aromatic rings. The van der Waals surface area contributed by atoms with Crippen molar-refractivity contribution in [1.82, 2.24) is 0 Å². The zero-order chi connectivity index (χ0) is 28.6. The summed E-state index contributed by atoms with van der Waals surface area (Å²) < 4.78 is 92.5. The fourth-order valence-corrected chi connectivity index (χ4v) is 4.90. The molecule has 0 aliphatic carbocycles. The third-order valence-electron chi connectivity index (χ3n) is 5.09. The average molecular weight is 647 g/mol. The summed E-state index contributed by atoms with van der Waals surface area (Å²) in [5.41, 5.74) is 5.53. The van der Waals surface area contributed by atoms with Crippen LogP contribution in [0.1, 0.15) is 5.56 Å². The summed E-state index contributed by atoms with van der Waals surface area (Å²) in [7, 11) is -12.8. The molecule has 4 rings (SSSR count). The molecule has 0 bridgehead atoms. The van der Waals surface area contributed by atoms with Gasteiger partial charge in [-0.1, -0.05) is 17.7 Å². The van der Waals surface area contributed by atoms with Crippen LogP contribution in [0.5, 0.6) is 11.5 Å². The molecule has 6 N–H and O–H groups in total. The van der Waals surface area contributed by atoms with Gasteiger partial charge in [-0.05, 0) is 48.7 Å². The molecule has 0 aliphatic rings. The van der Waals surface area contributed by atoms with Crippen molar-refractivity contribution in [3.05, 3.63) is 54.1 Å². The quantitative estimate of drug-likeness (QED) is 0.0927. The first-order valence-corrected chi connectivity index (χ1v) is 13.8. The van der Waals surface area contributed by atoms with Crippen molar-refractivity contribution < 1.29 is 65.8 Å². The Kier molecular flexibility index (Phi) is 9.41. The molecule has 4 aromatic carbocycles. The summed E-state index contributed by atoms with van der Waals surface area (Å²) in [6, 6.07) is 10.5. The molecule has 0 heterocycles. The molecule has 39 heavy (non-hydrogen) atoms. The second kappa shape index (κ2) is 11.6. The molecule has 0 aliphatic heterocycles. The van der Waals surface area contributed by atoms with Gasteiger partial charge in [-0.3, -0.25) is 9.11 Å². The largest absolute Gasteiger partial charge is 0.505 e. The van der Waals surface area contributed by atoms with E-state index < -0.39 is 63.5 Å². The van der Waals surface area contributed by atoms with E-state index in [0.29, 0.717) is 5.56 Å². The molecule has 0 atom stereocenters. The maximum Gasteiger partial charge on any atom is 0.425 e. The van der Waals surface area contributed by atoms with Gasteiger partial charge < -0.3 is 15.9 Å². The Morgan fingerprint density at radius 3 is 1.87 bits per heavy atom. The van der Waals surface area contributed by atoms with E-state index in [0.717, 1.165) is 12.1 Å². The van der Waals surface area contributed by atoms with Crippen LogP contribution in [0.2, 0.25) is 0 Å². The molecule has 18 heteroatoms. The summed E-state index contributed by atoms with van der Waals surface area (Å²) in [6.07, 6.45) is 0. The number of rotatable bonds is 4. The average Bonchev–Trinajstić information content (AvgIpc) is 2.77. The van der Waals surface area contributed by atoms with E-state index in [4.69, 9.17) is 18.4 Å². The molecular formula is C21H17CuN3O11S3. The summed E-state index contributed by atoms with van der Waals surface area (Å²) in [5, 5.41) is 29.1. The molecular weight excluding hydrogens is 630 g/mol. The Morgan fingerprint density at radius 2 is 1.31 bits per heavy atom. The van der Waals surface area contributed by atoms with E-state index in [1.807, 2.05) is 0 Å². The first-order chi connectivity index (χ1) is 17.5. The van der Waals surface area contributed by atoms with E-state index in [2.05, 4.69) is 10.2 Å². The number of aryl methyl sites for hydroxylation is 1. The standard InChI is InChI=1S/C21H17N3O8S2.Cu.O3S/c1-10-2-4-14-15(6-10)17(33(27,28)29)9-16(20(14)25)23-24-19-18(34(30,31)32)8-11-7-12(22)3-5-13(11)21(19)26;;1-4(2)3/h2-9,25-26H,22H2,1H3,(H,27,28,29)(H,30,31,32);;. The Bertz CT molecular complexity index is 1970. The number of anilines is 1. The molecule has 1 radical (unpaired) electrons. The third kappa shape index (κ3) is 7.07. The van der Waals surface area contributed by atoms with Gasteiger partial charge in [0.2, 0.25) is 0 Å². The smallest absolute Gasteiger partial charge is 0.425 e. The van der Waals surface area contributed by atoms with Crippen LogP contribution in [0.25, 0.3) is 21.5 Å². The van der Waals surface area contributed by atoms with Gasteiger partial charge in [0, 0.05) is 38.9 Å². The number of nitrogens with zero attached hydrogens (tertiary/aromatic N) is 2. The predicted molar refractivity (Wildman–Crippen MR) is 134 cm³/mol. The van der Waals surface area contributed by atoms with Crippen molar-refractivity contribution >= 4 is 69.5 Å². The SMILES string of the molecule is Cc1ccc2c(O)c(N=Nc3c(S(=O)(=O)O)cc4cc(N)ccc4c3O)cc(S(=O)(=O)O)c2c1.O=S(=O)=O.[Cu]. The minimum Gasteiger partial charge on any atom is -0.505 e. The van der Waals surface area contributed by atoms with E-state index in [1.165, 1.54) is 30.3 Å². The maximum atomic E-state index is 12.0. The molecule has 14 nitrogen and oxygen atoms in total. The maximum absolute atomic E-state index is 12.0. The van der Waals surface area contributed by atoms with Crippen LogP contribution in [0.3, 0.4) is 0 Å². The topological polar surface area (TPSA) is 251 Å². The first kappa shape index (κ1) is 31.6. The number of aromatic hydroxyl groups is 2. The number of phenols is 2. The zero-order valence-corrected chi connectivity index (χ0v) is 22.7. The number of hydrogen-bond acceptors (Lipinski definition) is 12. The molecule has 0 saturated carbocycles. The van der Waals surface area contributed by atoms with Gasteiger partial charge in [-0.15, -0.1) is 22.9 Å². The minimum atomic E-state index is -4.90. The summed E-state index contributed by atoms with van der Waals surface area (Å²) in [4.78, 5) is -1.36. The summed E-state index contributed by atoms with van der Waals surface area (Å²) in [6.45, 7) is 1.69. The number of phenolic OH excluding ortho intramolecular Hbond substituents is 2. The number of nitrogen functional groups attached to an aromatic ring is 1. The molecule has 0 unspecified atom stereocenters. The predicted octanol–water partition coefficient (Wildman–Crippen LogP) is 3.20. The fourth-order valence-electron chi connectivity index (χ4n) is 3.53. The summed E-state index contributed by atoms with van der Waals surface area (Å²) in [5.74, 6) is -1.16. The van der Waals surface area contributed by atoms with Crippen molar-refractivity contribution in [3.63, 3.8) is 0 Å². The Balaban J connectivity index is 0.000000998. The third-order valence-corrected chi connectivity index (χ3v) is 6.86. The molecule has 0 amide bonds. The zero-order valence-electron chi connectivity index (χ0n) is 19.3. The van der Waals surface area contributed by atoms with E-state index in [-0.39, 0.29) is 44.3 Å². The second-order valence-electron chi connectivity index (χ2n) is 7.70. The van der Waals surface area contributed by atoms with Crippen LogP contribution >= 0.6 is 0 Å². The van der Waals surface area contributed by atoms with E-state index >= 15 is 0 Å². The molecule has 0 saturated heterocycles. The first-order valence-electron chi connectivity index (χ1n) is 9.95. The van der Waals surface area contributed by atoms with Crippen LogP contribution in [0, 0.1) is 6.92 Å². The van der Waals surface area contributed by atoms with Gasteiger partial charge in [0.1, 0.15) is 21.2 Å². The van der Waals surface area contributed by atoms with Crippen LogP contribution in [-0.2, 0) is 47.9 Å². The number of nitrogens with two attached hydrogens (primary N) is 1. The monoisotopic (exact) mass is 646 g/mol. The molecule has 211 valence electrons. The van der Waals surface area contributed by atoms with Crippen LogP contribution in [-0.4, -0.2) is 48.8 Å². The van der Waals surface area contributed by atoms with Gasteiger partial charge in [-0.25, -0.2) is 0 Å². The van der Waals surface area contributed by atoms with Crippen LogP contribution in [0.15, 0.2) is 68.6 Å². The molecule has 0 spiro atoms. The number of azo groups is 1. The number of fused-ring (bicyclic) bond motifs is 2. The Hall–Kier alpha value is -3.64. The van der Waals surface area contributed by atoms with E-state index in [1.54, 1.807) is 13.0 Å². The molecule has 0 aromatic heterocycles. The van der Waals surface area contributed by atoms with Gasteiger partial charge in [0.05, 0.1) is 0 Å². The molecule has 0 fully saturated rings. The Morgan fingerprint density at radius 1 is 0.744 bits per heavy atom. The fraction of sp³-hybridized carbons (Fsp3) is 0.0476. The minimum absolute atomic E-state index is 0. The second-order valence-corrected chi connectivity index (χ2v) is 10.9. The van der Waals surface area contributed by atoms with Crippen molar-refractivity contribution in [2.75, 3.05) is 5.73 Å². The number of benzene rings is 4. The van der Waals surface area contributed by atoms with Crippen molar-refractivity contribution in [2.45, 2.75) is 16.7 Å². The Labute approximate surface area is 232 Å². The van der Waals surface area contributed by atoms with Crippen molar-refractivity contribution in [1.29, 1.82) is 0 Å². The van der Waals surface area contributed by atoms with Crippen LogP contribution in [0.4, 0.5) is 17.1 Å². The van der Waals surface area contributed by atoms with Gasteiger partial charge in [0.25, 0.3) is 20.2 Å². The summed E-state index contributed by atoms with van der Waals surface area (Å²) >= 11 is 0. The normalized spacial score (nSPS) is 11.7. The van der Waals surface area contributed by atoms with Gasteiger partial charge in [0.15, 0.2) is 11.5 Å². The van der Waals surface area contributed by atoms with Gasteiger partial charge in [-0.2, -0.15) is 16.8 Å². The van der Waals surface area contributed by atoms with Crippen molar-refractivity contribution in [3.8, 4) is 11.5 Å². The van der Waals surface area contributed by atoms with E-state index in [9.17, 15) is 36.2 Å². The van der Waals surface area contributed by atoms with Gasteiger partial charge >= 0.3 is 10.6 Å². The van der Waals surface area contributed by atoms with Crippen molar-refractivity contribution in [2.24, 2.45) is 10.2 Å². The van der Waals surface area contributed by atoms with Crippen LogP contribution < -0.4 is 5.73 Å². The number of hydrogen-bond donors (Lipinski definition) is 5.